The second-order valence-electron chi connectivity index (χ2n) is 5.25. The summed E-state index contributed by atoms with van der Waals surface area (Å²) in [5.41, 5.74) is 7.28. The minimum Gasteiger partial charge on any atom is -0.379 e. The average molecular weight is 254 g/mol. The standard InChI is InChI=1S/C14H20ClNO/c1-10(2)13(7-16)14(8-17-9-14)11-4-3-5-12(15)6-11/h3-6,10,13H,7-9,16H2,1-2H3. The van der Waals surface area contributed by atoms with E-state index in [-0.39, 0.29) is 5.41 Å². The summed E-state index contributed by atoms with van der Waals surface area (Å²) < 4.78 is 5.47. The van der Waals surface area contributed by atoms with Gasteiger partial charge in [-0.05, 0) is 36.1 Å². The molecule has 1 aliphatic heterocycles. The zero-order valence-corrected chi connectivity index (χ0v) is 11.2. The van der Waals surface area contributed by atoms with Crippen molar-refractivity contribution in [3.63, 3.8) is 0 Å². The van der Waals surface area contributed by atoms with Gasteiger partial charge in [0.2, 0.25) is 0 Å². The molecule has 2 nitrogen and oxygen atoms in total. The molecule has 0 spiro atoms. The zero-order valence-electron chi connectivity index (χ0n) is 10.4. The highest BCUT2D eigenvalue weighted by Gasteiger charge is 2.47. The molecule has 2 rings (SSSR count). The fraction of sp³-hybridized carbons (Fsp3) is 0.571. The molecule has 0 aliphatic carbocycles. The van der Waals surface area contributed by atoms with Crippen molar-refractivity contribution in [2.45, 2.75) is 19.3 Å². The lowest BCUT2D eigenvalue weighted by atomic mass is 9.65. The molecule has 1 atom stereocenters. The Kier molecular flexibility index (Phi) is 3.76. The van der Waals surface area contributed by atoms with Gasteiger partial charge in [0, 0.05) is 10.4 Å². The van der Waals surface area contributed by atoms with Crippen molar-refractivity contribution < 1.29 is 4.74 Å². The lowest BCUT2D eigenvalue weighted by Crippen LogP contribution is -2.56. The van der Waals surface area contributed by atoms with Crippen molar-refractivity contribution in [3.8, 4) is 0 Å². The Morgan fingerprint density at radius 3 is 2.53 bits per heavy atom. The second kappa shape index (κ2) is 4.97. The summed E-state index contributed by atoms with van der Waals surface area (Å²) in [5.74, 6) is 0.984. The topological polar surface area (TPSA) is 35.2 Å². The summed E-state index contributed by atoms with van der Waals surface area (Å²) in [7, 11) is 0. The number of halogens is 1. The summed E-state index contributed by atoms with van der Waals surface area (Å²) in [4.78, 5) is 0. The molecule has 94 valence electrons. The van der Waals surface area contributed by atoms with Crippen LogP contribution in [0, 0.1) is 11.8 Å². The molecule has 1 heterocycles. The quantitative estimate of drug-likeness (QED) is 0.896. The maximum absolute atomic E-state index is 6.09. The predicted molar refractivity (Wildman–Crippen MR) is 71.3 cm³/mol. The molecule has 17 heavy (non-hydrogen) atoms. The van der Waals surface area contributed by atoms with Crippen LogP contribution >= 0.6 is 11.6 Å². The molecular formula is C14H20ClNO. The van der Waals surface area contributed by atoms with Gasteiger partial charge in [-0.25, -0.2) is 0 Å². The molecule has 1 unspecified atom stereocenters. The Morgan fingerprint density at radius 1 is 1.41 bits per heavy atom. The number of benzene rings is 1. The van der Waals surface area contributed by atoms with Gasteiger partial charge in [0.1, 0.15) is 0 Å². The van der Waals surface area contributed by atoms with Crippen LogP contribution < -0.4 is 5.73 Å². The number of ether oxygens (including phenoxy) is 1. The molecule has 0 saturated carbocycles. The van der Waals surface area contributed by atoms with Crippen molar-refractivity contribution >= 4 is 11.6 Å². The highest BCUT2D eigenvalue weighted by atomic mass is 35.5. The van der Waals surface area contributed by atoms with Crippen LogP contribution in [-0.4, -0.2) is 19.8 Å². The first kappa shape index (κ1) is 12.9. The molecule has 3 heteroatoms. The first-order valence-corrected chi connectivity index (χ1v) is 6.52. The van der Waals surface area contributed by atoms with Gasteiger partial charge < -0.3 is 10.5 Å². The first-order valence-electron chi connectivity index (χ1n) is 6.14. The molecule has 0 aromatic heterocycles. The Labute approximate surface area is 108 Å². The Hall–Kier alpha value is -0.570. The summed E-state index contributed by atoms with van der Waals surface area (Å²) in [6.07, 6.45) is 0. The average Bonchev–Trinajstić information content (AvgIpc) is 2.22. The highest BCUT2D eigenvalue weighted by molar-refractivity contribution is 6.30. The third-order valence-corrected chi connectivity index (χ3v) is 4.12. The maximum Gasteiger partial charge on any atom is 0.0588 e. The first-order chi connectivity index (χ1) is 8.10. The van der Waals surface area contributed by atoms with Gasteiger partial charge in [0.15, 0.2) is 0 Å². The van der Waals surface area contributed by atoms with Crippen LogP contribution in [0.4, 0.5) is 0 Å². The van der Waals surface area contributed by atoms with Crippen LogP contribution in [0.2, 0.25) is 5.02 Å². The van der Waals surface area contributed by atoms with E-state index in [0.717, 1.165) is 18.2 Å². The summed E-state index contributed by atoms with van der Waals surface area (Å²) >= 11 is 6.09. The number of rotatable bonds is 4. The molecule has 1 aromatic carbocycles. The lowest BCUT2D eigenvalue weighted by Gasteiger charge is -2.49. The number of hydrogen-bond donors (Lipinski definition) is 1. The van der Waals surface area contributed by atoms with Crippen molar-refractivity contribution in [1.29, 1.82) is 0 Å². The SMILES string of the molecule is CC(C)C(CN)C1(c2cccc(Cl)c2)COC1. The van der Waals surface area contributed by atoms with Gasteiger partial charge in [0.25, 0.3) is 0 Å². The van der Waals surface area contributed by atoms with Crippen molar-refractivity contribution in [2.24, 2.45) is 17.6 Å². The second-order valence-corrected chi connectivity index (χ2v) is 5.68. The van der Waals surface area contributed by atoms with E-state index in [2.05, 4.69) is 26.0 Å². The fourth-order valence-electron chi connectivity index (χ4n) is 2.85. The van der Waals surface area contributed by atoms with Crippen LogP contribution in [0.1, 0.15) is 19.4 Å². The van der Waals surface area contributed by atoms with Crippen LogP contribution in [0.5, 0.6) is 0 Å². The Morgan fingerprint density at radius 2 is 2.12 bits per heavy atom. The largest absolute Gasteiger partial charge is 0.379 e. The zero-order chi connectivity index (χ0) is 12.5. The van der Waals surface area contributed by atoms with Gasteiger partial charge in [-0.1, -0.05) is 37.6 Å². The van der Waals surface area contributed by atoms with E-state index in [1.54, 1.807) is 0 Å². The van der Waals surface area contributed by atoms with Crippen molar-refractivity contribution in [1.82, 2.24) is 0 Å². The van der Waals surface area contributed by atoms with E-state index >= 15 is 0 Å². The normalized spacial score (nSPS) is 20.1. The molecule has 2 N–H and O–H groups in total. The molecular weight excluding hydrogens is 234 g/mol. The van der Waals surface area contributed by atoms with E-state index in [4.69, 9.17) is 22.1 Å². The number of nitrogens with two attached hydrogens (primary N) is 1. The molecule has 1 aromatic rings. The number of hydrogen-bond acceptors (Lipinski definition) is 2. The minimum atomic E-state index is 0.0633. The van der Waals surface area contributed by atoms with Gasteiger partial charge in [0.05, 0.1) is 13.2 Å². The van der Waals surface area contributed by atoms with Gasteiger partial charge in [-0.2, -0.15) is 0 Å². The molecule has 0 amide bonds. The van der Waals surface area contributed by atoms with E-state index in [1.165, 1.54) is 5.56 Å². The van der Waals surface area contributed by atoms with Gasteiger partial charge in [-0.15, -0.1) is 0 Å². The summed E-state index contributed by atoms with van der Waals surface area (Å²) in [6, 6.07) is 8.10. The smallest absolute Gasteiger partial charge is 0.0588 e. The van der Waals surface area contributed by atoms with Crippen molar-refractivity contribution in [2.75, 3.05) is 19.8 Å². The predicted octanol–water partition coefficient (Wildman–Crippen LogP) is 2.84. The van der Waals surface area contributed by atoms with Gasteiger partial charge in [-0.3, -0.25) is 0 Å². The summed E-state index contributed by atoms with van der Waals surface area (Å²) in [5, 5.41) is 0.785. The monoisotopic (exact) mass is 253 g/mol. The minimum absolute atomic E-state index is 0.0633. The van der Waals surface area contributed by atoms with Crippen LogP contribution in [0.25, 0.3) is 0 Å². The third-order valence-electron chi connectivity index (χ3n) is 3.89. The fourth-order valence-corrected chi connectivity index (χ4v) is 3.04. The van der Waals surface area contributed by atoms with Gasteiger partial charge >= 0.3 is 0 Å². The van der Waals surface area contributed by atoms with E-state index in [0.29, 0.717) is 18.4 Å². The highest BCUT2D eigenvalue weighted by Crippen LogP contribution is 2.42. The molecule has 1 aliphatic rings. The maximum atomic E-state index is 6.09. The Balaban J connectivity index is 2.37. The molecule has 0 bridgehead atoms. The molecule has 1 saturated heterocycles. The Bertz CT molecular complexity index is 388. The van der Waals surface area contributed by atoms with Crippen LogP contribution in [0.15, 0.2) is 24.3 Å². The third kappa shape index (κ3) is 2.22. The van der Waals surface area contributed by atoms with Crippen LogP contribution in [0.3, 0.4) is 0 Å². The lowest BCUT2D eigenvalue weighted by molar-refractivity contribution is -0.0982. The van der Waals surface area contributed by atoms with Crippen molar-refractivity contribution in [3.05, 3.63) is 34.9 Å². The van der Waals surface area contributed by atoms with E-state index < -0.39 is 0 Å². The van der Waals surface area contributed by atoms with Crippen LogP contribution in [-0.2, 0) is 10.2 Å². The molecule has 0 radical (unpaired) electrons. The molecule has 1 fully saturated rings. The summed E-state index contributed by atoms with van der Waals surface area (Å²) in [6.45, 7) is 6.65. The van der Waals surface area contributed by atoms with E-state index in [1.807, 2.05) is 12.1 Å². The van der Waals surface area contributed by atoms with E-state index in [9.17, 15) is 0 Å².